The fourth-order valence-electron chi connectivity index (χ4n) is 3.24. The van der Waals surface area contributed by atoms with Crippen molar-refractivity contribution in [2.45, 2.75) is 25.8 Å². The highest BCUT2D eigenvalue weighted by molar-refractivity contribution is 5.85. The average Bonchev–Trinajstić information content (AvgIpc) is 2.61. The van der Waals surface area contributed by atoms with E-state index in [1.165, 1.54) is 18.4 Å². The highest BCUT2D eigenvalue weighted by atomic mass is 35.5. The largest absolute Gasteiger partial charge is 0.457 e. The lowest BCUT2D eigenvalue weighted by molar-refractivity contribution is 0.164. The molecule has 1 fully saturated rings. The molecule has 0 aromatic heterocycles. The summed E-state index contributed by atoms with van der Waals surface area (Å²) in [5, 5.41) is 3.44. The SMILES string of the molecule is CCC[C@H](c1cccc(Oc2ccccc2)c1)N1CCNCC1.Cl.Cl. The monoisotopic (exact) mass is 382 g/mol. The molecule has 1 aliphatic heterocycles. The van der Waals surface area contributed by atoms with Crippen LogP contribution in [0.5, 0.6) is 11.5 Å². The van der Waals surface area contributed by atoms with Crippen molar-refractivity contribution in [2.24, 2.45) is 0 Å². The lowest BCUT2D eigenvalue weighted by atomic mass is 9.99. The molecule has 0 bridgehead atoms. The van der Waals surface area contributed by atoms with Crippen molar-refractivity contribution in [3.05, 3.63) is 60.2 Å². The molecule has 0 amide bonds. The Balaban J connectivity index is 0.00000156. The highest BCUT2D eigenvalue weighted by Crippen LogP contribution is 2.30. The van der Waals surface area contributed by atoms with Gasteiger partial charge in [0, 0.05) is 32.2 Å². The summed E-state index contributed by atoms with van der Waals surface area (Å²) >= 11 is 0. The van der Waals surface area contributed by atoms with Gasteiger partial charge in [-0.05, 0) is 36.2 Å². The first kappa shape index (κ1) is 21.8. The Labute approximate surface area is 163 Å². The molecule has 3 nitrogen and oxygen atoms in total. The van der Waals surface area contributed by atoms with Crippen LogP contribution in [0.25, 0.3) is 0 Å². The second kappa shape index (κ2) is 11.4. The van der Waals surface area contributed by atoms with Gasteiger partial charge in [-0.15, -0.1) is 24.8 Å². The third kappa shape index (κ3) is 6.19. The molecule has 1 saturated heterocycles. The Hall–Kier alpha value is -1.26. The summed E-state index contributed by atoms with van der Waals surface area (Å²) < 4.78 is 6.00. The Morgan fingerprint density at radius 3 is 2.32 bits per heavy atom. The number of benzene rings is 2. The quantitative estimate of drug-likeness (QED) is 0.754. The van der Waals surface area contributed by atoms with Crippen molar-refractivity contribution in [1.29, 1.82) is 0 Å². The lowest BCUT2D eigenvalue weighted by Crippen LogP contribution is -2.45. The summed E-state index contributed by atoms with van der Waals surface area (Å²) in [6.45, 7) is 6.67. The maximum atomic E-state index is 6.00. The molecule has 0 radical (unpaired) electrons. The van der Waals surface area contributed by atoms with Crippen LogP contribution in [0.1, 0.15) is 31.4 Å². The molecule has 1 N–H and O–H groups in total. The summed E-state index contributed by atoms with van der Waals surface area (Å²) in [6.07, 6.45) is 2.38. The minimum absolute atomic E-state index is 0. The van der Waals surface area contributed by atoms with Crippen molar-refractivity contribution < 1.29 is 4.74 Å². The van der Waals surface area contributed by atoms with Crippen LogP contribution in [0.2, 0.25) is 0 Å². The van der Waals surface area contributed by atoms with Gasteiger partial charge in [0.2, 0.25) is 0 Å². The normalized spacial score (nSPS) is 15.6. The molecule has 2 aromatic rings. The Kier molecular flexibility index (Phi) is 9.91. The van der Waals surface area contributed by atoms with E-state index in [4.69, 9.17) is 4.74 Å². The molecule has 1 aliphatic rings. The molecule has 5 heteroatoms. The van der Waals surface area contributed by atoms with Crippen molar-refractivity contribution in [2.75, 3.05) is 26.2 Å². The fourth-order valence-corrected chi connectivity index (χ4v) is 3.24. The van der Waals surface area contributed by atoms with Gasteiger partial charge in [0.1, 0.15) is 11.5 Å². The van der Waals surface area contributed by atoms with Crippen LogP contribution in [-0.4, -0.2) is 31.1 Å². The van der Waals surface area contributed by atoms with Gasteiger partial charge in [-0.25, -0.2) is 0 Å². The van der Waals surface area contributed by atoms with Crippen LogP contribution in [0.4, 0.5) is 0 Å². The molecule has 3 rings (SSSR count). The lowest BCUT2D eigenvalue weighted by Gasteiger charge is -2.35. The number of hydrogen-bond donors (Lipinski definition) is 1. The molecule has 0 aliphatic carbocycles. The summed E-state index contributed by atoms with van der Waals surface area (Å²) in [5.74, 6) is 1.81. The van der Waals surface area contributed by atoms with E-state index < -0.39 is 0 Å². The van der Waals surface area contributed by atoms with Crippen LogP contribution in [0, 0.1) is 0 Å². The van der Waals surface area contributed by atoms with Gasteiger partial charge in [0.25, 0.3) is 0 Å². The standard InChI is InChI=1S/C20H26N2O.2ClH/c1-2-7-20(22-14-12-21-13-15-22)17-8-6-11-19(16-17)23-18-9-4-3-5-10-18;;/h3-6,8-11,16,20-21H,2,7,12-15H2,1H3;2*1H/t20-;;/m1../s1. The van der Waals surface area contributed by atoms with E-state index in [1.54, 1.807) is 0 Å². The van der Waals surface area contributed by atoms with Crippen LogP contribution in [-0.2, 0) is 0 Å². The third-order valence-electron chi connectivity index (χ3n) is 4.38. The molecule has 1 heterocycles. The van der Waals surface area contributed by atoms with Crippen molar-refractivity contribution in [3.8, 4) is 11.5 Å². The van der Waals surface area contributed by atoms with Gasteiger partial charge in [0.15, 0.2) is 0 Å². The van der Waals surface area contributed by atoms with E-state index in [1.807, 2.05) is 36.4 Å². The van der Waals surface area contributed by atoms with Gasteiger partial charge in [-0.2, -0.15) is 0 Å². The third-order valence-corrected chi connectivity index (χ3v) is 4.38. The molecule has 2 aromatic carbocycles. The van der Waals surface area contributed by atoms with Gasteiger partial charge in [0.05, 0.1) is 0 Å². The molecule has 25 heavy (non-hydrogen) atoms. The first-order valence-corrected chi connectivity index (χ1v) is 8.64. The number of hydrogen-bond acceptors (Lipinski definition) is 3. The number of para-hydroxylation sites is 1. The Bertz CT molecular complexity index is 604. The molecular formula is C20H28Cl2N2O. The van der Waals surface area contributed by atoms with Gasteiger partial charge in [-0.1, -0.05) is 43.7 Å². The predicted octanol–water partition coefficient (Wildman–Crippen LogP) is 5.07. The van der Waals surface area contributed by atoms with E-state index in [0.717, 1.165) is 37.7 Å². The number of ether oxygens (including phenoxy) is 1. The maximum Gasteiger partial charge on any atom is 0.127 e. The van der Waals surface area contributed by atoms with Gasteiger partial charge >= 0.3 is 0 Å². The van der Waals surface area contributed by atoms with E-state index >= 15 is 0 Å². The summed E-state index contributed by atoms with van der Waals surface area (Å²) in [7, 11) is 0. The maximum absolute atomic E-state index is 6.00. The summed E-state index contributed by atoms with van der Waals surface area (Å²) in [6, 6.07) is 19.1. The van der Waals surface area contributed by atoms with E-state index in [-0.39, 0.29) is 24.8 Å². The van der Waals surface area contributed by atoms with Crippen LogP contribution < -0.4 is 10.1 Å². The first-order chi connectivity index (χ1) is 11.4. The van der Waals surface area contributed by atoms with E-state index in [0.29, 0.717) is 6.04 Å². The zero-order chi connectivity index (χ0) is 15.9. The second-order valence-electron chi connectivity index (χ2n) is 6.08. The molecule has 1 atom stereocenters. The second-order valence-corrected chi connectivity index (χ2v) is 6.08. The topological polar surface area (TPSA) is 24.5 Å². The van der Waals surface area contributed by atoms with Crippen LogP contribution in [0.3, 0.4) is 0 Å². The molecule has 0 saturated carbocycles. The number of nitrogens with zero attached hydrogens (tertiary/aromatic N) is 1. The molecule has 0 spiro atoms. The first-order valence-electron chi connectivity index (χ1n) is 8.64. The minimum atomic E-state index is 0. The van der Waals surface area contributed by atoms with Crippen molar-refractivity contribution >= 4 is 24.8 Å². The van der Waals surface area contributed by atoms with E-state index in [9.17, 15) is 0 Å². The van der Waals surface area contributed by atoms with Crippen molar-refractivity contribution in [3.63, 3.8) is 0 Å². The highest BCUT2D eigenvalue weighted by Gasteiger charge is 2.21. The number of piperazine rings is 1. The predicted molar refractivity (Wildman–Crippen MR) is 110 cm³/mol. The smallest absolute Gasteiger partial charge is 0.127 e. The summed E-state index contributed by atoms with van der Waals surface area (Å²) in [5.41, 5.74) is 1.36. The number of rotatable bonds is 6. The van der Waals surface area contributed by atoms with Crippen LogP contribution in [0.15, 0.2) is 54.6 Å². The number of halogens is 2. The zero-order valence-electron chi connectivity index (χ0n) is 14.7. The average molecular weight is 383 g/mol. The minimum Gasteiger partial charge on any atom is -0.457 e. The Morgan fingerprint density at radius 2 is 1.64 bits per heavy atom. The Morgan fingerprint density at radius 1 is 0.960 bits per heavy atom. The molecular weight excluding hydrogens is 355 g/mol. The van der Waals surface area contributed by atoms with Crippen molar-refractivity contribution in [1.82, 2.24) is 10.2 Å². The van der Waals surface area contributed by atoms with Gasteiger partial charge in [-0.3, -0.25) is 4.90 Å². The van der Waals surface area contributed by atoms with Crippen LogP contribution >= 0.6 is 24.8 Å². The van der Waals surface area contributed by atoms with Gasteiger partial charge < -0.3 is 10.1 Å². The summed E-state index contributed by atoms with van der Waals surface area (Å²) in [4.78, 5) is 2.60. The molecule has 138 valence electrons. The fraction of sp³-hybridized carbons (Fsp3) is 0.400. The number of nitrogens with one attached hydrogen (secondary N) is 1. The molecule has 0 unspecified atom stereocenters. The zero-order valence-corrected chi connectivity index (χ0v) is 16.3. The van der Waals surface area contributed by atoms with E-state index in [2.05, 4.69) is 35.3 Å².